The zero-order chi connectivity index (χ0) is 28.7. The predicted octanol–water partition coefficient (Wildman–Crippen LogP) is 4.55. The van der Waals surface area contributed by atoms with E-state index < -0.39 is 15.4 Å². The fraction of sp³-hybridized carbons (Fsp3) is 0.481. The average Bonchev–Trinajstić information content (AvgIpc) is 3.32. The van der Waals surface area contributed by atoms with E-state index in [1.807, 2.05) is 38.1 Å². The molecule has 4 rings (SSSR count). The summed E-state index contributed by atoms with van der Waals surface area (Å²) in [5.41, 5.74) is 0.757. The maximum absolute atomic E-state index is 14.0. The minimum Gasteiger partial charge on any atom is -0.340 e. The molecule has 2 heterocycles. The van der Waals surface area contributed by atoms with Crippen LogP contribution < -0.4 is 0 Å². The highest BCUT2D eigenvalue weighted by Crippen LogP contribution is 2.36. The smallest absolute Gasteiger partial charge is 0.320 e. The van der Waals surface area contributed by atoms with Gasteiger partial charge in [-0.2, -0.15) is 4.31 Å². The van der Waals surface area contributed by atoms with Gasteiger partial charge in [0, 0.05) is 67.3 Å². The Hall–Kier alpha value is -2.04. The van der Waals surface area contributed by atoms with E-state index in [1.165, 1.54) is 10.6 Å². The van der Waals surface area contributed by atoms with Crippen LogP contribution in [0.25, 0.3) is 0 Å². The highest BCUT2D eigenvalue weighted by molar-refractivity contribution is 7.88. The van der Waals surface area contributed by atoms with Crippen molar-refractivity contribution < 1.29 is 18.0 Å². The van der Waals surface area contributed by atoms with E-state index >= 15 is 0 Å². The lowest BCUT2D eigenvalue weighted by Crippen LogP contribution is -2.54. The van der Waals surface area contributed by atoms with Crippen LogP contribution in [-0.4, -0.2) is 98.0 Å². The minimum atomic E-state index is -3.30. The first-order valence-corrected chi connectivity index (χ1v) is 15.6. The minimum absolute atomic E-state index is 0.124. The molecule has 0 aliphatic carbocycles. The van der Waals surface area contributed by atoms with Crippen LogP contribution in [0.4, 0.5) is 4.79 Å². The van der Waals surface area contributed by atoms with E-state index in [2.05, 4.69) is 0 Å². The summed E-state index contributed by atoms with van der Waals surface area (Å²) >= 11 is 18.6. The van der Waals surface area contributed by atoms with Gasteiger partial charge in [-0.25, -0.2) is 13.2 Å². The van der Waals surface area contributed by atoms with Gasteiger partial charge in [0.1, 0.15) is 0 Å². The first kappa shape index (κ1) is 29.9. The van der Waals surface area contributed by atoms with Crippen molar-refractivity contribution in [3.05, 3.63) is 68.7 Å². The van der Waals surface area contributed by atoms with Gasteiger partial charge in [-0.15, -0.1) is 0 Å². The Morgan fingerprint density at radius 3 is 1.97 bits per heavy atom. The molecule has 1 unspecified atom stereocenters. The molecule has 0 aromatic heterocycles. The van der Waals surface area contributed by atoms with Gasteiger partial charge in [-0.3, -0.25) is 4.79 Å². The molecule has 2 atom stereocenters. The highest BCUT2D eigenvalue weighted by atomic mass is 35.5. The van der Waals surface area contributed by atoms with E-state index in [4.69, 9.17) is 34.8 Å². The van der Waals surface area contributed by atoms with Crippen molar-refractivity contribution in [1.82, 2.24) is 19.0 Å². The van der Waals surface area contributed by atoms with Crippen LogP contribution in [0.15, 0.2) is 42.5 Å². The summed E-state index contributed by atoms with van der Waals surface area (Å²) < 4.78 is 25.2. The van der Waals surface area contributed by atoms with Crippen molar-refractivity contribution in [1.29, 1.82) is 0 Å². The number of urea groups is 1. The highest BCUT2D eigenvalue weighted by Gasteiger charge is 2.44. The molecule has 0 radical (unpaired) electrons. The van der Waals surface area contributed by atoms with Crippen molar-refractivity contribution in [3.8, 4) is 0 Å². The van der Waals surface area contributed by atoms with E-state index in [9.17, 15) is 18.0 Å². The van der Waals surface area contributed by atoms with Crippen molar-refractivity contribution in [2.45, 2.75) is 31.2 Å². The molecular weight excluding hydrogens is 583 g/mol. The third kappa shape index (κ3) is 6.49. The Labute approximate surface area is 245 Å². The van der Waals surface area contributed by atoms with Crippen molar-refractivity contribution in [2.75, 3.05) is 52.6 Å². The molecule has 2 aromatic carbocycles. The average molecular weight is 616 g/mol. The maximum Gasteiger partial charge on any atom is 0.320 e. The molecule has 2 saturated heterocycles. The van der Waals surface area contributed by atoms with Crippen LogP contribution in [0, 0.1) is 0 Å². The van der Waals surface area contributed by atoms with Crippen molar-refractivity contribution in [2.24, 2.45) is 0 Å². The van der Waals surface area contributed by atoms with Crippen molar-refractivity contribution in [3.63, 3.8) is 0 Å². The largest absolute Gasteiger partial charge is 0.340 e. The summed E-state index contributed by atoms with van der Waals surface area (Å²) in [6, 6.07) is 12.1. The Balaban J connectivity index is 1.58. The number of piperazine rings is 1. The number of sulfonamides is 1. The topological polar surface area (TPSA) is 81.2 Å². The number of halogens is 3. The normalized spacial score (nSPS) is 20.8. The number of benzene rings is 2. The molecule has 12 heteroatoms. The second kappa shape index (κ2) is 11.4. The second-order valence-corrected chi connectivity index (χ2v) is 14.1. The van der Waals surface area contributed by atoms with Crippen LogP contribution in [0.5, 0.6) is 0 Å². The fourth-order valence-corrected chi connectivity index (χ4v) is 6.89. The molecule has 39 heavy (non-hydrogen) atoms. The van der Waals surface area contributed by atoms with E-state index in [0.717, 1.165) is 5.56 Å². The van der Waals surface area contributed by atoms with Crippen LogP contribution in [-0.2, 0) is 20.2 Å². The maximum atomic E-state index is 14.0. The number of hydrogen-bond donors (Lipinski definition) is 0. The molecule has 2 fully saturated rings. The standard InChI is InChI=1S/C27H33Cl3N4O4S/c1-27(2,19-13-21(29)15-22(30)14-19)25(35)31(3)24-17-33(16-23(24)18-5-7-20(28)8-6-18)26(36)32-9-11-34(12-10-32)39(4,37)38/h5-8,13-15,23-24H,9-12,16-17H2,1-4H3/t23-,24?/m0/s1. The number of likely N-dealkylation sites (N-methyl/N-ethyl adjacent to an activating group) is 1. The summed E-state index contributed by atoms with van der Waals surface area (Å²) in [4.78, 5) is 32.7. The molecule has 0 spiro atoms. The van der Waals surface area contributed by atoms with Crippen LogP contribution in [0.2, 0.25) is 15.1 Å². The van der Waals surface area contributed by atoms with Crippen LogP contribution in [0.1, 0.15) is 30.9 Å². The molecule has 3 amide bonds. The van der Waals surface area contributed by atoms with Gasteiger partial charge < -0.3 is 14.7 Å². The third-order valence-corrected chi connectivity index (χ3v) is 9.76. The zero-order valence-corrected chi connectivity index (χ0v) is 25.5. The number of rotatable bonds is 5. The summed E-state index contributed by atoms with van der Waals surface area (Å²) in [5.74, 6) is -0.267. The summed E-state index contributed by atoms with van der Waals surface area (Å²) in [5, 5.41) is 1.51. The SMILES string of the molecule is CN(C(=O)C(C)(C)c1cc(Cl)cc(Cl)c1)C1CN(C(=O)N2CCN(S(C)(=O)=O)CC2)C[C@H]1c1ccc(Cl)cc1. The molecule has 2 aliphatic heterocycles. The number of nitrogens with zero attached hydrogens (tertiary/aromatic N) is 4. The van der Waals surface area contributed by atoms with Crippen LogP contribution >= 0.6 is 34.8 Å². The number of likely N-dealkylation sites (tertiary alicyclic amines) is 1. The Kier molecular flexibility index (Phi) is 8.79. The first-order valence-electron chi connectivity index (χ1n) is 12.7. The molecule has 8 nitrogen and oxygen atoms in total. The monoisotopic (exact) mass is 614 g/mol. The van der Waals surface area contributed by atoms with Crippen LogP contribution in [0.3, 0.4) is 0 Å². The lowest BCUT2D eigenvalue weighted by Gasteiger charge is -2.36. The third-order valence-electron chi connectivity index (χ3n) is 7.77. The van der Waals surface area contributed by atoms with E-state index in [0.29, 0.717) is 46.8 Å². The number of amides is 3. The number of carbonyl (C=O) groups excluding carboxylic acids is 2. The molecule has 2 aliphatic rings. The number of carbonyl (C=O) groups is 2. The van der Waals surface area contributed by atoms with Gasteiger partial charge in [0.25, 0.3) is 0 Å². The molecule has 0 bridgehead atoms. The van der Waals surface area contributed by atoms with E-state index in [-0.39, 0.29) is 37.0 Å². The van der Waals surface area contributed by atoms with Gasteiger partial charge in [0.05, 0.1) is 17.7 Å². The van der Waals surface area contributed by atoms with Gasteiger partial charge in [-0.05, 0) is 55.3 Å². The molecule has 0 N–H and O–H groups in total. The zero-order valence-electron chi connectivity index (χ0n) is 22.4. The van der Waals surface area contributed by atoms with Gasteiger partial charge >= 0.3 is 6.03 Å². The quantitative estimate of drug-likeness (QED) is 0.495. The Bertz CT molecular complexity index is 1330. The number of hydrogen-bond acceptors (Lipinski definition) is 4. The predicted molar refractivity (Wildman–Crippen MR) is 155 cm³/mol. The second-order valence-electron chi connectivity index (χ2n) is 10.8. The fourth-order valence-electron chi connectivity index (χ4n) is 5.41. The van der Waals surface area contributed by atoms with Gasteiger partial charge in [0.2, 0.25) is 15.9 Å². The molecule has 2 aromatic rings. The van der Waals surface area contributed by atoms with Crippen molar-refractivity contribution >= 4 is 56.8 Å². The Morgan fingerprint density at radius 1 is 0.872 bits per heavy atom. The van der Waals surface area contributed by atoms with Gasteiger partial charge in [0.15, 0.2) is 0 Å². The molecular formula is C27H33Cl3N4O4S. The molecule has 212 valence electrons. The van der Waals surface area contributed by atoms with Gasteiger partial charge in [-0.1, -0.05) is 46.9 Å². The lowest BCUT2D eigenvalue weighted by molar-refractivity contribution is -0.137. The summed E-state index contributed by atoms with van der Waals surface area (Å²) in [6.07, 6.45) is 1.18. The summed E-state index contributed by atoms with van der Waals surface area (Å²) in [7, 11) is -1.54. The first-order chi connectivity index (χ1) is 18.2. The van der Waals surface area contributed by atoms with E-state index in [1.54, 1.807) is 39.9 Å². The molecule has 0 saturated carbocycles. The summed E-state index contributed by atoms with van der Waals surface area (Å²) in [6.45, 7) is 5.58. The Morgan fingerprint density at radius 2 is 1.44 bits per heavy atom. The lowest BCUT2D eigenvalue weighted by atomic mass is 9.82.